The van der Waals surface area contributed by atoms with Crippen molar-refractivity contribution < 1.29 is 18.3 Å². The first-order valence-electron chi connectivity index (χ1n) is 8.93. The zero-order valence-corrected chi connectivity index (χ0v) is 16.0. The van der Waals surface area contributed by atoms with Crippen LogP contribution < -0.4 is 5.32 Å². The van der Waals surface area contributed by atoms with E-state index >= 15 is 0 Å². The van der Waals surface area contributed by atoms with Crippen LogP contribution in [-0.4, -0.2) is 18.1 Å². The van der Waals surface area contributed by atoms with E-state index < -0.39 is 24.0 Å². The van der Waals surface area contributed by atoms with Crippen LogP contribution in [-0.2, 0) is 17.6 Å². The van der Waals surface area contributed by atoms with Gasteiger partial charge in [-0.1, -0.05) is 61.8 Å². The summed E-state index contributed by atoms with van der Waals surface area (Å²) in [7, 11) is 0. The lowest BCUT2D eigenvalue weighted by atomic mass is 9.94. The van der Waals surface area contributed by atoms with Gasteiger partial charge in [0.15, 0.2) is 0 Å². The number of carbonyl (C=O) groups excluding carboxylic acids is 1. The highest BCUT2D eigenvalue weighted by Crippen LogP contribution is 2.31. The van der Waals surface area contributed by atoms with Crippen molar-refractivity contribution in [3.05, 3.63) is 70.2 Å². The van der Waals surface area contributed by atoms with E-state index in [0.717, 1.165) is 11.1 Å². The van der Waals surface area contributed by atoms with Crippen LogP contribution in [0.1, 0.15) is 36.6 Å². The van der Waals surface area contributed by atoms with Crippen LogP contribution in [0.2, 0.25) is 5.02 Å². The highest BCUT2D eigenvalue weighted by atomic mass is 35.5. The molecule has 6 heteroatoms. The van der Waals surface area contributed by atoms with Gasteiger partial charge in [-0.3, -0.25) is 0 Å². The number of benzene rings is 2. The Balaban J connectivity index is 1.71. The molecular weight excluding hydrogens is 372 g/mol. The van der Waals surface area contributed by atoms with Crippen LogP contribution in [0.25, 0.3) is 0 Å². The van der Waals surface area contributed by atoms with Crippen LogP contribution in [0.3, 0.4) is 0 Å². The summed E-state index contributed by atoms with van der Waals surface area (Å²) in [5.41, 5.74) is 2.35. The summed E-state index contributed by atoms with van der Waals surface area (Å²) in [6.07, 6.45) is -0.664. The van der Waals surface area contributed by atoms with E-state index in [1.165, 1.54) is 13.8 Å². The highest BCUT2D eigenvalue weighted by Gasteiger charge is 2.36. The molecule has 2 aromatic rings. The first-order chi connectivity index (χ1) is 12.7. The molecule has 144 valence electrons. The number of alkyl halides is 2. The van der Waals surface area contributed by atoms with E-state index in [1.807, 2.05) is 24.3 Å². The van der Waals surface area contributed by atoms with Gasteiger partial charge in [0.05, 0.1) is 6.04 Å². The Morgan fingerprint density at radius 3 is 2.44 bits per heavy atom. The summed E-state index contributed by atoms with van der Waals surface area (Å²) in [4.78, 5) is 11.7. The van der Waals surface area contributed by atoms with Crippen molar-refractivity contribution in [2.45, 2.75) is 44.8 Å². The Bertz CT molecular complexity index is 808. The lowest BCUT2D eigenvalue weighted by Crippen LogP contribution is -2.30. The molecule has 0 bridgehead atoms. The van der Waals surface area contributed by atoms with Crippen LogP contribution >= 0.6 is 11.6 Å². The molecule has 0 saturated carbocycles. The molecule has 1 saturated heterocycles. The van der Waals surface area contributed by atoms with Crippen LogP contribution in [0.5, 0.6) is 0 Å². The van der Waals surface area contributed by atoms with Gasteiger partial charge in [0.2, 0.25) is 0 Å². The van der Waals surface area contributed by atoms with E-state index in [1.54, 1.807) is 24.3 Å². The van der Waals surface area contributed by atoms with Crippen molar-refractivity contribution in [3.63, 3.8) is 0 Å². The first-order valence-corrected chi connectivity index (χ1v) is 9.30. The zero-order valence-electron chi connectivity index (χ0n) is 15.2. The predicted octanol–water partition coefficient (Wildman–Crippen LogP) is 5.57. The van der Waals surface area contributed by atoms with Crippen molar-refractivity contribution in [3.8, 4) is 0 Å². The summed E-state index contributed by atoms with van der Waals surface area (Å²) in [6, 6.07) is 14.0. The summed E-state index contributed by atoms with van der Waals surface area (Å²) < 4.78 is 33.2. The van der Waals surface area contributed by atoms with E-state index in [-0.39, 0.29) is 12.5 Å². The van der Waals surface area contributed by atoms with Gasteiger partial charge >= 0.3 is 6.09 Å². The monoisotopic (exact) mass is 393 g/mol. The third-order valence-electron chi connectivity index (χ3n) is 4.84. The fourth-order valence-corrected chi connectivity index (χ4v) is 3.32. The first kappa shape index (κ1) is 19.6. The molecule has 0 aromatic heterocycles. The molecule has 3 nitrogen and oxygen atoms in total. The second kappa shape index (κ2) is 7.85. The smallest absolute Gasteiger partial charge is 0.408 e. The zero-order chi connectivity index (χ0) is 19.6. The number of ether oxygens (including phenoxy) is 1. The maximum absolute atomic E-state index is 13.9. The Kier molecular flexibility index (Phi) is 5.70. The number of amides is 1. The minimum atomic E-state index is -2.73. The van der Waals surface area contributed by atoms with Crippen LogP contribution in [0, 0.1) is 5.92 Å². The van der Waals surface area contributed by atoms with Crippen molar-refractivity contribution >= 4 is 17.7 Å². The molecule has 1 aliphatic heterocycles. The lowest BCUT2D eigenvalue weighted by molar-refractivity contribution is -0.0439. The minimum Gasteiger partial charge on any atom is -0.439 e. The summed E-state index contributed by atoms with van der Waals surface area (Å²) >= 11 is 6.04. The number of hydrogen-bond acceptors (Lipinski definition) is 2. The van der Waals surface area contributed by atoms with Crippen LogP contribution in [0.4, 0.5) is 13.6 Å². The van der Waals surface area contributed by atoms with Crippen molar-refractivity contribution in [1.82, 2.24) is 5.32 Å². The van der Waals surface area contributed by atoms with E-state index in [4.69, 9.17) is 16.3 Å². The van der Waals surface area contributed by atoms with Crippen molar-refractivity contribution in [2.24, 2.45) is 5.92 Å². The summed E-state index contributed by atoms with van der Waals surface area (Å²) in [5.74, 6) is -3.44. The molecule has 2 aromatic carbocycles. The fourth-order valence-electron chi connectivity index (χ4n) is 3.12. The van der Waals surface area contributed by atoms with Gasteiger partial charge in [-0.15, -0.1) is 0 Å². The highest BCUT2D eigenvalue weighted by molar-refractivity contribution is 6.30. The normalized spacial score (nSPS) is 19.9. The van der Waals surface area contributed by atoms with Gasteiger partial charge in [0, 0.05) is 17.4 Å². The molecule has 1 N–H and O–H groups in total. The molecule has 1 fully saturated rings. The van der Waals surface area contributed by atoms with E-state index in [2.05, 4.69) is 5.32 Å². The van der Waals surface area contributed by atoms with Crippen LogP contribution in [0.15, 0.2) is 48.5 Å². The summed E-state index contributed by atoms with van der Waals surface area (Å²) in [6.45, 7) is 3.04. The largest absolute Gasteiger partial charge is 0.439 e. The van der Waals surface area contributed by atoms with Crippen molar-refractivity contribution in [1.29, 1.82) is 0 Å². The molecule has 1 aliphatic rings. The molecule has 0 aliphatic carbocycles. The predicted molar refractivity (Wildman–Crippen MR) is 101 cm³/mol. The number of nitrogens with one attached hydrogen (secondary N) is 1. The SMILES string of the molecule is CC(C)C(F)(F)Cc1ccc(CC2NC(=O)OC2c2cccc(Cl)c2)cc1. The lowest BCUT2D eigenvalue weighted by Gasteiger charge is -2.21. The van der Waals surface area contributed by atoms with Gasteiger partial charge in [-0.25, -0.2) is 13.6 Å². The van der Waals surface area contributed by atoms with E-state index in [0.29, 0.717) is 17.0 Å². The minimum absolute atomic E-state index is 0.251. The second-order valence-electron chi connectivity index (χ2n) is 7.24. The van der Waals surface area contributed by atoms with Gasteiger partial charge in [-0.2, -0.15) is 0 Å². The number of carbonyl (C=O) groups is 1. The number of alkyl carbamates (subject to hydrolysis) is 1. The number of hydrogen-bond donors (Lipinski definition) is 1. The summed E-state index contributed by atoms with van der Waals surface area (Å²) in [5, 5.41) is 3.39. The van der Waals surface area contributed by atoms with Gasteiger partial charge < -0.3 is 10.1 Å². The van der Waals surface area contributed by atoms with E-state index in [9.17, 15) is 13.6 Å². The molecule has 1 heterocycles. The fraction of sp³-hybridized carbons (Fsp3) is 0.381. The third kappa shape index (κ3) is 4.78. The quantitative estimate of drug-likeness (QED) is 0.697. The Morgan fingerprint density at radius 1 is 1.15 bits per heavy atom. The molecule has 0 radical (unpaired) electrons. The second-order valence-corrected chi connectivity index (χ2v) is 7.68. The number of cyclic esters (lactones) is 1. The molecule has 2 atom stereocenters. The average molecular weight is 394 g/mol. The molecule has 3 rings (SSSR count). The third-order valence-corrected chi connectivity index (χ3v) is 5.08. The van der Waals surface area contributed by atoms with Gasteiger partial charge in [0.25, 0.3) is 5.92 Å². The van der Waals surface area contributed by atoms with Gasteiger partial charge in [-0.05, 0) is 35.2 Å². The van der Waals surface area contributed by atoms with Gasteiger partial charge in [0.1, 0.15) is 6.10 Å². The average Bonchev–Trinajstić information content (AvgIpc) is 2.96. The molecule has 0 spiro atoms. The standard InChI is InChI=1S/C21H22ClF2NO2/c1-13(2)21(23,24)12-15-8-6-14(7-9-15)10-18-19(27-20(26)25-18)16-4-3-5-17(22)11-16/h3-9,11,13,18-19H,10,12H2,1-2H3,(H,25,26). The van der Waals surface area contributed by atoms with Crippen molar-refractivity contribution in [2.75, 3.05) is 0 Å². The number of rotatable bonds is 6. The molecule has 27 heavy (non-hydrogen) atoms. The Labute approximate surface area is 162 Å². The Hall–Kier alpha value is -2.14. The Morgan fingerprint density at radius 2 is 1.81 bits per heavy atom. The molecule has 2 unspecified atom stereocenters. The number of halogens is 3. The molecule has 1 amide bonds. The molecular formula is C21H22ClF2NO2. The maximum atomic E-state index is 13.9. The maximum Gasteiger partial charge on any atom is 0.408 e. The topological polar surface area (TPSA) is 38.3 Å².